The number of alkyl halides is 3. The Labute approximate surface area is 135 Å². The van der Waals surface area contributed by atoms with Gasteiger partial charge in [-0.3, -0.25) is 0 Å². The summed E-state index contributed by atoms with van der Waals surface area (Å²) in [5, 5.41) is 2.45. The average Bonchev–Trinajstić information content (AvgIpc) is 3.06. The molecule has 124 valence electrons. The van der Waals surface area contributed by atoms with Crippen molar-refractivity contribution in [3.63, 3.8) is 0 Å². The third-order valence-electron chi connectivity index (χ3n) is 3.64. The second kappa shape index (κ2) is 6.69. The van der Waals surface area contributed by atoms with Crippen LogP contribution in [0.1, 0.15) is 18.5 Å². The van der Waals surface area contributed by atoms with Crippen molar-refractivity contribution in [1.29, 1.82) is 0 Å². The van der Waals surface area contributed by atoms with E-state index in [1.807, 2.05) is 10.3 Å². The number of rotatable bonds is 4. The second-order valence-electron chi connectivity index (χ2n) is 5.32. The van der Waals surface area contributed by atoms with E-state index in [1.54, 1.807) is 6.20 Å². The van der Waals surface area contributed by atoms with E-state index in [4.69, 9.17) is 4.74 Å². The van der Waals surface area contributed by atoms with Crippen LogP contribution in [0.2, 0.25) is 0 Å². The minimum atomic E-state index is -4.46. The Morgan fingerprint density at radius 2 is 2.17 bits per heavy atom. The van der Waals surface area contributed by atoms with E-state index in [9.17, 15) is 13.2 Å². The van der Waals surface area contributed by atoms with Gasteiger partial charge >= 0.3 is 6.18 Å². The molecule has 0 aliphatic carbocycles. The number of piperidine rings is 1. The van der Waals surface area contributed by atoms with E-state index in [1.165, 1.54) is 11.3 Å². The number of thiazole rings is 1. The fourth-order valence-corrected chi connectivity index (χ4v) is 3.05. The van der Waals surface area contributed by atoms with E-state index in [0.717, 1.165) is 25.2 Å². The normalized spacial score (nSPS) is 18.9. The maximum absolute atomic E-state index is 12.8. The molecule has 3 rings (SSSR count). The summed E-state index contributed by atoms with van der Waals surface area (Å²) in [5.74, 6) is 0.545. The van der Waals surface area contributed by atoms with Gasteiger partial charge in [0.1, 0.15) is 17.8 Å². The topological polar surface area (TPSA) is 51.1 Å². The molecule has 1 fully saturated rings. The zero-order chi connectivity index (χ0) is 16.3. The van der Waals surface area contributed by atoms with Crippen LogP contribution >= 0.6 is 11.3 Å². The molecule has 1 atom stereocenters. The number of hydrogen-bond acceptors (Lipinski definition) is 6. The highest BCUT2D eigenvalue weighted by molar-refractivity contribution is 7.11. The first kappa shape index (κ1) is 16.0. The van der Waals surface area contributed by atoms with Gasteiger partial charge in [0.15, 0.2) is 0 Å². The lowest BCUT2D eigenvalue weighted by Crippen LogP contribution is -2.38. The fraction of sp³-hybridized carbons (Fsp3) is 0.500. The summed E-state index contributed by atoms with van der Waals surface area (Å²) < 4.78 is 43.9. The lowest BCUT2D eigenvalue weighted by Gasteiger charge is -2.33. The van der Waals surface area contributed by atoms with E-state index in [0.29, 0.717) is 30.7 Å². The van der Waals surface area contributed by atoms with Crippen LogP contribution in [0.15, 0.2) is 24.0 Å². The van der Waals surface area contributed by atoms with Crippen molar-refractivity contribution >= 4 is 17.2 Å². The van der Waals surface area contributed by atoms with Crippen molar-refractivity contribution in [3.8, 4) is 5.19 Å². The molecule has 5 nitrogen and oxygen atoms in total. The molecule has 0 aromatic carbocycles. The molecule has 1 saturated heterocycles. The molecule has 23 heavy (non-hydrogen) atoms. The Morgan fingerprint density at radius 3 is 2.91 bits per heavy atom. The first-order valence-corrected chi connectivity index (χ1v) is 8.07. The van der Waals surface area contributed by atoms with Crippen molar-refractivity contribution in [3.05, 3.63) is 29.7 Å². The summed E-state index contributed by atoms with van der Waals surface area (Å²) >= 11 is 1.42. The first-order valence-electron chi connectivity index (χ1n) is 7.19. The molecule has 1 aliphatic heterocycles. The van der Waals surface area contributed by atoms with Crippen molar-refractivity contribution in [1.82, 2.24) is 15.0 Å². The standard InChI is InChI=1S/C14H15F3N4OS/c15-14(16,17)11-6-12(20-9-19-11)21-4-1-2-10(7-21)8-22-13-18-3-5-23-13/h3,5-6,9-10H,1-2,4,7-8H2. The van der Waals surface area contributed by atoms with Gasteiger partial charge in [0, 0.05) is 36.7 Å². The number of anilines is 1. The summed E-state index contributed by atoms with van der Waals surface area (Å²) in [5.41, 5.74) is -0.913. The molecular weight excluding hydrogens is 329 g/mol. The lowest BCUT2D eigenvalue weighted by atomic mass is 9.99. The number of ether oxygens (including phenoxy) is 1. The van der Waals surface area contributed by atoms with Gasteiger partial charge in [0.2, 0.25) is 0 Å². The molecular formula is C14H15F3N4OS. The van der Waals surface area contributed by atoms with Crippen LogP contribution in [0.3, 0.4) is 0 Å². The Bertz CT molecular complexity index is 635. The number of aromatic nitrogens is 3. The summed E-state index contributed by atoms with van der Waals surface area (Å²) in [6.45, 7) is 1.79. The summed E-state index contributed by atoms with van der Waals surface area (Å²) in [6, 6.07) is 1.00. The van der Waals surface area contributed by atoms with Gasteiger partial charge in [0.05, 0.1) is 6.61 Å². The van der Waals surface area contributed by atoms with Crippen molar-refractivity contribution in [2.75, 3.05) is 24.6 Å². The third-order valence-corrected chi connectivity index (χ3v) is 4.32. The van der Waals surface area contributed by atoms with Crippen molar-refractivity contribution in [2.45, 2.75) is 19.0 Å². The molecule has 2 aromatic heterocycles. The fourth-order valence-electron chi connectivity index (χ4n) is 2.55. The molecule has 3 heterocycles. The predicted octanol–water partition coefficient (Wildman–Crippen LogP) is 3.25. The molecule has 0 saturated carbocycles. The monoisotopic (exact) mass is 344 g/mol. The Kier molecular flexibility index (Phi) is 4.65. The van der Waals surface area contributed by atoms with Gasteiger partial charge in [-0.2, -0.15) is 13.2 Å². The molecule has 0 N–H and O–H groups in total. The molecule has 0 radical (unpaired) electrons. The predicted molar refractivity (Wildman–Crippen MR) is 79.6 cm³/mol. The van der Waals surface area contributed by atoms with E-state index >= 15 is 0 Å². The maximum atomic E-state index is 12.8. The highest BCUT2D eigenvalue weighted by Gasteiger charge is 2.33. The molecule has 0 spiro atoms. The largest absolute Gasteiger partial charge is 0.470 e. The van der Waals surface area contributed by atoms with E-state index in [-0.39, 0.29) is 5.92 Å². The van der Waals surface area contributed by atoms with Crippen LogP contribution in [0.5, 0.6) is 5.19 Å². The van der Waals surface area contributed by atoms with Crippen LogP contribution in [0.25, 0.3) is 0 Å². The second-order valence-corrected chi connectivity index (χ2v) is 6.18. The molecule has 0 amide bonds. The van der Waals surface area contributed by atoms with Crippen LogP contribution in [0, 0.1) is 5.92 Å². The minimum absolute atomic E-state index is 0.233. The Hall–Kier alpha value is -1.90. The smallest absolute Gasteiger partial charge is 0.433 e. The van der Waals surface area contributed by atoms with Crippen LogP contribution < -0.4 is 9.64 Å². The highest BCUT2D eigenvalue weighted by Crippen LogP contribution is 2.30. The van der Waals surface area contributed by atoms with E-state index < -0.39 is 11.9 Å². The molecule has 1 aliphatic rings. The van der Waals surface area contributed by atoms with Crippen molar-refractivity contribution in [2.24, 2.45) is 5.92 Å². The van der Waals surface area contributed by atoms with Gasteiger partial charge in [-0.1, -0.05) is 11.3 Å². The quantitative estimate of drug-likeness (QED) is 0.852. The Balaban J connectivity index is 1.64. The van der Waals surface area contributed by atoms with Crippen LogP contribution in [-0.4, -0.2) is 34.6 Å². The molecule has 9 heteroatoms. The maximum Gasteiger partial charge on any atom is 0.433 e. The van der Waals surface area contributed by atoms with E-state index in [2.05, 4.69) is 15.0 Å². The number of hydrogen-bond donors (Lipinski definition) is 0. The molecule has 1 unspecified atom stereocenters. The molecule has 2 aromatic rings. The van der Waals surface area contributed by atoms with Gasteiger partial charge < -0.3 is 9.64 Å². The summed E-state index contributed by atoms with van der Waals surface area (Å²) in [7, 11) is 0. The summed E-state index contributed by atoms with van der Waals surface area (Å²) in [6.07, 6.45) is 0.0394. The van der Waals surface area contributed by atoms with Gasteiger partial charge in [-0.15, -0.1) is 0 Å². The number of halogens is 3. The third kappa shape index (κ3) is 4.10. The van der Waals surface area contributed by atoms with Crippen LogP contribution in [-0.2, 0) is 6.18 Å². The number of nitrogens with zero attached hydrogens (tertiary/aromatic N) is 4. The SMILES string of the molecule is FC(F)(F)c1cc(N2CCCC(COc3nccs3)C2)ncn1. The van der Waals surface area contributed by atoms with Gasteiger partial charge in [-0.05, 0) is 12.8 Å². The zero-order valence-corrected chi connectivity index (χ0v) is 13.0. The Morgan fingerprint density at radius 1 is 1.30 bits per heavy atom. The molecule has 0 bridgehead atoms. The zero-order valence-electron chi connectivity index (χ0n) is 12.2. The van der Waals surface area contributed by atoms with Crippen molar-refractivity contribution < 1.29 is 17.9 Å². The average molecular weight is 344 g/mol. The minimum Gasteiger partial charge on any atom is -0.470 e. The van der Waals surface area contributed by atoms with Gasteiger partial charge in [-0.25, -0.2) is 15.0 Å². The lowest BCUT2D eigenvalue weighted by molar-refractivity contribution is -0.141. The van der Waals surface area contributed by atoms with Gasteiger partial charge in [0.25, 0.3) is 5.19 Å². The van der Waals surface area contributed by atoms with Crippen LogP contribution in [0.4, 0.5) is 19.0 Å². The first-order chi connectivity index (χ1) is 11.0. The summed E-state index contributed by atoms with van der Waals surface area (Å²) in [4.78, 5) is 13.2. The highest BCUT2D eigenvalue weighted by atomic mass is 32.1.